The highest BCUT2D eigenvalue weighted by atomic mass is 32.1. The van der Waals surface area contributed by atoms with E-state index in [-0.39, 0.29) is 43.0 Å². The van der Waals surface area contributed by atoms with E-state index in [2.05, 4.69) is 15.5 Å². The van der Waals surface area contributed by atoms with E-state index >= 15 is 0 Å². The zero-order valence-electron chi connectivity index (χ0n) is 23.2. The summed E-state index contributed by atoms with van der Waals surface area (Å²) in [6.45, 7) is 8.91. The highest BCUT2D eigenvalue weighted by Gasteiger charge is 2.43. The van der Waals surface area contributed by atoms with Gasteiger partial charge in [-0.3, -0.25) is 9.59 Å². The molecule has 0 radical (unpaired) electrons. The first-order chi connectivity index (χ1) is 19.2. The van der Waals surface area contributed by atoms with Crippen molar-refractivity contribution in [2.24, 2.45) is 5.92 Å². The summed E-state index contributed by atoms with van der Waals surface area (Å²) in [5, 5.41) is 17.6. The monoisotopic (exact) mass is 568 g/mol. The third-order valence-corrected chi connectivity index (χ3v) is 8.50. The second-order valence-electron chi connectivity index (χ2n) is 10.8. The van der Waals surface area contributed by atoms with Crippen LogP contribution in [0.1, 0.15) is 61.9 Å². The van der Waals surface area contributed by atoms with Gasteiger partial charge in [0.05, 0.1) is 47.1 Å². The number of benzene rings is 1. The molecule has 2 aromatic heterocycles. The van der Waals surface area contributed by atoms with E-state index in [0.29, 0.717) is 31.1 Å². The van der Waals surface area contributed by atoms with Crippen LogP contribution in [0.4, 0.5) is 0 Å². The second kappa shape index (κ2) is 12.2. The number of carbonyl (C=O) groups is 2. The van der Waals surface area contributed by atoms with Gasteiger partial charge in [-0.05, 0) is 30.9 Å². The molecule has 10 nitrogen and oxygen atoms in total. The number of rotatable bonds is 9. The summed E-state index contributed by atoms with van der Waals surface area (Å²) in [7, 11) is 0. The average molecular weight is 569 g/mol. The van der Waals surface area contributed by atoms with Crippen molar-refractivity contribution in [2.75, 3.05) is 19.8 Å². The van der Waals surface area contributed by atoms with Gasteiger partial charge in [0.1, 0.15) is 17.7 Å². The molecular formula is C29H36N4O6S. The lowest BCUT2D eigenvalue weighted by atomic mass is 9.91. The number of nitrogens with one attached hydrogen (secondary N) is 1. The third-order valence-electron chi connectivity index (χ3n) is 7.52. The summed E-state index contributed by atoms with van der Waals surface area (Å²) in [6, 6.07) is 8.72. The Bertz CT molecular complexity index is 1320. The van der Waals surface area contributed by atoms with E-state index in [0.717, 1.165) is 21.7 Å². The zero-order valence-corrected chi connectivity index (χ0v) is 24.0. The molecule has 1 aromatic carbocycles. The number of thiazole rings is 1. The number of hydrogen-bond donors (Lipinski definition) is 2. The fraction of sp³-hybridized carbons (Fsp3) is 0.517. The molecule has 5 rings (SSSR count). The van der Waals surface area contributed by atoms with Crippen LogP contribution in [-0.4, -0.2) is 70.2 Å². The number of aryl methyl sites for hydroxylation is 1. The van der Waals surface area contributed by atoms with Gasteiger partial charge >= 0.3 is 0 Å². The molecule has 2 aliphatic rings. The number of amides is 2. The van der Waals surface area contributed by atoms with Crippen molar-refractivity contribution in [3.05, 3.63) is 58.6 Å². The quantitative estimate of drug-likeness (QED) is 0.401. The minimum absolute atomic E-state index is 0.0855. The Morgan fingerprint density at radius 1 is 1.18 bits per heavy atom. The smallest absolute Gasteiger partial charge is 0.243 e. The normalized spacial score (nSPS) is 21.2. The molecule has 0 aliphatic carbocycles. The first-order valence-corrected chi connectivity index (χ1v) is 14.6. The maximum Gasteiger partial charge on any atom is 0.243 e. The summed E-state index contributed by atoms with van der Waals surface area (Å²) in [4.78, 5) is 34.2. The van der Waals surface area contributed by atoms with Gasteiger partial charge in [-0.25, -0.2) is 4.98 Å². The Hall–Kier alpha value is -3.12. The van der Waals surface area contributed by atoms with Gasteiger partial charge in [0.15, 0.2) is 6.29 Å². The van der Waals surface area contributed by atoms with Crippen LogP contribution >= 0.6 is 11.3 Å². The standard InChI is InChI=1S/C29H36N4O6S/c1-16(2)26(24-11-21(32-39-24)12-25-37-9-10-38-25)29(36)33-14-22(34)13-23(33)28(35)31-17(3)19-5-7-20(8-6-19)27-18(4)30-15-40-27/h5-8,11,15-17,22-23,25-26,34H,9-10,12-14H2,1-4H3,(H,31,35)/t17-,22+,23-,26+/m0/s1. The van der Waals surface area contributed by atoms with Crippen LogP contribution in [0.25, 0.3) is 10.4 Å². The Morgan fingerprint density at radius 3 is 2.55 bits per heavy atom. The molecule has 4 atom stereocenters. The zero-order chi connectivity index (χ0) is 28.4. The van der Waals surface area contributed by atoms with Gasteiger partial charge in [-0.1, -0.05) is 43.3 Å². The molecule has 4 heterocycles. The largest absolute Gasteiger partial charge is 0.391 e. The van der Waals surface area contributed by atoms with E-state index in [1.54, 1.807) is 17.4 Å². The van der Waals surface area contributed by atoms with E-state index in [9.17, 15) is 14.7 Å². The average Bonchev–Trinajstić information content (AvgIpc) is 3.73. The van der Waals surface area contributed by atoms with E-state index in [4.69, 9.17) is 14.0 Å². The highest BCUT2D eigenvalue weighted by Crippen LogP contribution is 2.32. The number of β-amino-alcohol motifs (C(OH)–C–C–N with tert-alkyl or cyclic N) is 1. The van der Waals surface area contributed by atoms with Gasteiger partial charge in [0.2, 0.25) is 11.8 Å². The molecule has 0 saturated carbocycles. The molecule has 2 fully saturated rings. The first kappa shape index (κ1) is 28.4. The molecule has 0 unspecified atom stereocenters. The predicted molar refractivity (Wildman–Crippen MR) is 148 cm³/mol. The van der Waals surface area contributed by atoms with Crippen LogP contribution in [0.3, 0.4) is 0 Å². The maximum atomic E-state index is 13.8. The fourth-order valence-corrected chi connectivity index (χ4v) is 6.19. The summed E-state index contributed by atoms with van der Waals surface area (Å²) < 4.78 is 16.6. The highest BCUT2D eigenvalue weighted by molar-refractivity contribution is 7.13. The molecule has 0 spiro atoms. The van der Waals surface area contributed by atoms with Crippen LogP contribution in [-0.2, 0) is 25.5 Å². The van der Waals surface area contributed by atoms with Crippen LogP contribution in [0.15, 0.2) is 40.4 Å². The molecule has 2 aliphatic heterocycles. The number of ether oxygens (including phenoxy) is 2. The molecule has 2 N–H and O–H groups in total. The SMILES string of the molecule is Cc1ncsc1-c1ccc([C@H](C)NC(=O)[C@@H]2C[C@@H](O)CN2C(=O)[C@@H](c2cc(CC3OCCO3)no2)C(C)C)cc1. The molecular weight excluding hydrogens is 532 g/mol. The lowest BCUT2D eigenvalue weighted by molar-refractivity contribution is -0.141. The molecule has 0 bridgehead atoms. The van der Waals surface area contributed by atoms with Gasteiger partial charge < -0.3 is 29.3 Å². The first-order valence-electron chi connectivity index (χ1n) is 13.7. The number of hydrogen-bond acceptors (Lipinski definition) is 9. The van der Waals surface area contributed by atoms with Crippen LogP contribution in [0, 0.1) is 12.8 Å². The van der Waals surface area contributed by atoms with Crippen molar-refractivity contribution in [3.63, 3.8) is 0 Å². The number of likely N-dealkylation sites (tertiary alicyclic amines) is 1. The van der Waals surface area contributed by atoms with Gasteiger partial charge in [0, 0.05) is 25.5 Å². The van der Waals surface area contributed by atoms with Crippen molar-refractivity contribution in [1.29, 1.82) is 0 Å². The fourth-order valence-electron chi connectivity index (χ4n) is 5.38. The molecule has 2 amide bonds. The molecule has 40 heavy (non-hydrogen) atoms. The predicted octanol–water partition coefficient (Wildman–Crippen LogP) is 3.60. The molecule has 11 heteroatoms. The number of aliphatic hydroxyl groups excluding tert-OH is 1. The van der Waals surface area contributed by atoms with Gasteiger partial charge in [-0.15, -0.1) is 11.3 Å². The maximum absolute atomic E-state index is 13.8. The lowest BCUT2D eigenvalue weighted by Gasteiger charge is -2.29. The van der Waals surface area contributed by atoms with Crippen molar-refractivity contribution < 1.29 is 28.7 Å². The molecule has 2 saturated heterocycles. The Morgan fingerprint density at radius 2 is 1.90 bits per heavy atom. The summed E-state index contributed by atoms with van der Waals surface area (Å²) in [5.74, 6) is -0.894. The van der Waals surface area contributed by atoms with E-state index in [1.165, 1.54) is 4.90 Å². The van der Waals surface area contributed by atoms with Crippen molar-refractivity contribution >= 4 is 23.2 Å². The lowest BCUT2D eigenvalue weighted by Crippen LogP contribution is -2.48. The summed E-state index contributed by atoms with van der Waals surface area (Å²) >= 11 is 1.59. The van der Waals surface area contributed by atoms with Crippen molar-refractivity contribution in [1.82, 2.24) is 20.4 Å². The number of aromatic nitrogens is 2. The topological polar surface area (TPSA) is 127 Å². The van der Waals surface area contributed by atoms with Gasteiger partial charge in [-0.2, -0.15) is 0 Å². The molecule has 214 valence electrons. The van der Waals surface area contributed by atoms with Crippen LogP contribution in [0.2, 0.25) is 0 Å². The van der Waals surface area contributed by atoms with E-state index < -0.39 is 18.1 Å². The summed E-state index contributed by atoms with van der Waals surface area (Å²) in [5.41, 5.74) is 5.48. The Kier molecular flexibility index (Phi) is 8.65. The number of carbonyl (C=O) groups excluding carboxylic acids is 2. The summed E-state index contributed by atoms with van der Waals surface area (Å²) in [6.07, 6.45) is -0.551. The van der Waals surface area contributed by atoms with Gasteiger partial charge in [0.25, 0.3) is 0 Å². The third kappa shape index (κ3) is 6.12. The minimum atomic E-state index is -0.785. The van der Waals surface area contributed by atoms with Crippen molar-refractivity contribution in [2.45, 2.75) is 70.9 Å². The van der Waals surface area contributed by atoms with Crippen LogP contribution < -0.4 is 5.32 Å². The van der Waals surface area contributed by atoms with Crippen molar-refractivity contribution in [3.8, 4) is 10.4 Å². The number of aliphatic hydroxyl groups is 1. The number of nitrogens with zero attached hydrogens (tertiary/aromatic N) is 3. The Labute approximate surface area is 237 Å². The van der Waals surface area contributed by atoms with E-state index in [1.807, 2.05) is 57.5 Å². The second-order valence-corrected chi connectivity index (χ2v) is 11.7. The minimum Gasteiger partial charge on any atom is -0.391 e. The molecule has 3 aromatic rings. The Balaban J connectivity index is 1.27. The van der Waals surface area contributed by atoms with Crippen LogP contribution in [0.5, 0.6) is 0 Å².